The van der Waals surface area contributed by atoms with Gasteiger partial charge in [-0.1, -0.05) is 22.9 Å². The highest BCUT2D eigenvalue weighted by atomic mass is 35.5. The molecule has 0 saturated heterocycles. The number of nitrogens with zero attached hydrogens (tertiary/aromatic N) is 3. The summed E-state index contributed by atoms with van der Waals surface area (Å²) in [5.41, 5.74) is 5.77. The van der Waals surface area contributed by atoms with E-state index in [0.717, 1.165) is 5.01 Å². The average molecular weight is 285 g/mol. The lowest BCUT2D eigenvalue weighted by Crippen LogP contribution is -2.01. The molecule has 2 rings (SSSR count). The van der Waals surface area contributed by atoms with Gasteiger partial charge in [0.25, 0.3) is 5.69 Å². The lowest BCUT2D eigenvalue weighted by molar-refractivity contribution is -0.384. The molecule has 2 aromatic rings. The van der Waals surface area contributed by atoms with Crippen LogP contribution in [0, 0.1) is 10.1 Å². The number of hydrogen-bond acceptors (Lipinski definition) is 6. The van der Waals surface area contributed by atoms with Crippen molar-refractivity contribution in [3.63, 3.8) is 0 Å². The van der Waals surface area contributed by atoms with Gasteiger partial charge in [-0.15, -0.1) is 10.2 Å². The zero-order chi connectivity index (χ0) is 13.1. The first-order valence-electron chi connectivity index (χ1n) is 5.08. The third-order valence-corrected chi connectivity index (χ3v) is 3.46. The van der Waals surface area contributed by atoms with Gasteiger partial charge in [0, 0.05) is 17.5 Å². The zero-order valence-corrected chi connectivity index (χ0v) is 10.7. The van der Waals surface area contributed by atoms with Crippen LogP contribution in [0.4, 0.5) is 5.69 Å². The topological polar surface area (TPSA) is 94.9 Å². The van der Waals surface area contributed by atoms with Crippen LogP contribution in [0.25, 0.3) is 10.6 Å². The minimum atomic E-state index is -0.481. The van der Waals surface area contributed by atoms with E-state index in [0.29, 0.717) is 28.6 Å². The summed E-state index contributed by atoms with van der Waals surface area (Å²) in [5.74, 6) is 0. The van der Waals surface area contributed by atoms with Crippen LogP contribution in [0.5, 0.6) is 0 Å². The van der Waals surface area contributed by atoms with Gasteiger partial charge >= 0.3 is 0 Å². The summed E-state index contributed by atoms with van der Waals surface area (Å²) in [4.78, 5) is 10.5. The maximum absolute atomic E-state index is 11.0. The number of hydrogen-bond donors (Lipinski definition) is 1. The number of nitro benzene ring substituents is 1. The first-order chi connectivity index (χ1) is 8.61. The van der Waals surface area contributed by atoms with Crippen molar-refractivity contribution in [3.8, 4) is 10.6 Å². The predicted molar refractivity (Wildman–Crippen MR) is 69.8 cm³/mol. The van der Waals surface area contributed by atoms with Crippen LogP contribution in [0.3, 0.4) is 0 Å². The second-order valence-electron chi connectivity index (χ2n) is 3.46. The van der Waals surface area contributed by atoms with E-state index in [1.807, 2.05) is 0 Å². The monoisotopic (exact) mass is 284 g/mol. The first-order valence-corrected chi connectivity index (χ1v) is 6.28. The molecule has 0 unspecified atom stereocenters. The molecule has 0 amide bonds. The normalized spacial score (nSPS) is 10.6. The third-order valence-electron chi connectivity index (χ3n) is 2.21. The Morgan fingerprint density at radius 2 is 2.22 bits per heavy atom. The van der Waals surface area contributed by atoms with Crippen molar-refractivity contribution in [2.75, 3.05) is 6.54 Å². The number of rotatable bonds is 4. The minimum Gasteiger partial charge on any atom is -0.330 e. The van der Waals surface area contributed by atoms with E-state index in [1.54, 1.807) is 12.1 Å². The maximum atomic E-state index is 11.0. The number of halogens is 1. The largest absolute Gasteiger partial charge is 0.330 e. The molecule has 2 N–H and O–H groups in total. The Hall–Kier alpha value is -1.57. The van der Waals surface area contributed by atoms with E-state index < -0.39 is 4.92 Å². The van der Waals surface area contributed by atoms with Crippen LogP contribution < -0.4 is 5.73 Å². The number of benzene rings is 1. The Morgan fingerprint density at radius 3 is 2.89 bits per heavy atom. The molecule has 0 aliphatic rings. The van der Waals surface area contributed by atoms with Crippen LogP contribution in [0.2, 0.25) is 5.02 Å². The van der Waals surface area contributed by atoms with Gasteiger partial charge in [-0.2, -0.15) is 0 Å². The standard InChI is InChI=1S/C10H9ClN4O2S/c11-6-1-2-7(8(5-6)15(16)17)10-14-13-9(18-10)3-4-12/h1-2,5H,3-4,12H2. The minimum absolute atomic E-state index is 0.0713. The summed E-state index contributed by atoms with van der Waals surface area (Å²) < 4.78 is 0. The average Bonchev–Trinajstić information content (AvgIpc) is 2.78. The summed E-state index contributed by atoms with van der Waals surface area (Å²) in [5, 5.41) is 20.4. The van der Waals surface area contributed by atoms with Crippen molar-refractivity contribution in [1.29, 1.82) is 0 Å². The maximum Gasteiger partial charge on any atom is 0.281 e. The fourth-order valence-electron chi connectivity index (χ4n) is 1.42. The van der Waals surface area contributed by atoms with E-state index >= 15 is 0 Å². The second kappa shape index (κ2) is 5.38. The van der Waals surface area contributed by atoms with Crippen LogP contribution in [-0.2, 0) is 6.42 Å². The molecule has 94 valence electrons. The molecule has 0 saturated carbocycles. The van der Waals surface area contributed by atoms with Crippen molar-refractivity contribution in [3.05, 3.63) is 38.3 Å². The number of nitrogens with two attached hydrogens (primary N) is 1. The molecule has 0 bridgehead atoms. The Bertz CT molecular complexity index is 587. The molecule has 18 heavy (non-hydrogen) atoms. The molecule has 1 aromatic carbocycles. The molecule has 1 heterocycles. The van der Waals surface area contributed by atoms with Crippen molar-refractivity contribution in [1.82, 2.24) is 10.2 Å². The van der Waals surface area contributed by atoms with E-state index in [-0.39, 0.29) is 5.69 Å². The summed E-state index contributed by atoms with van der Waals surface area (Å²) in [6, 6.07) is 4.47. The molecule has 0 aliphatic carbocycles. The van der Waals surface area contributed by atoms with Crippen LogP contribution in [0.1, 0.15) is 5.01 Å². The van der Waals surface area contributed by atoms with Gasteiger partial charge in [0.2, 0.25) is 0 Å². The van der Waals surface area contributed by atoms with Gasteiger partial charge in [-0.3, -0.25) is 10.1 Å². The summed E-state index contributed by atoms with van der Waals surface area (Å²) >= 11 is 7.05. The highest BCUT2D eigenvalue weighted by molar-refractivity contribution is 7.14. The summed E-state index contributed by atoms with van der Waals surface area (Å²) in [6.45, 7) is 0.470. The molecule has 0 aliphatic heterocycles. The lowest BCUT2D eigenvalue weighted by Gasteiger charge is -1.98. The molecule has 1 aromatic heterocycles. The van der Waals surface area contributed by atoms with Crippen LogP contribution >= 0.6 is 22.9 Å². The summed E-state index contributed by atoms with van der Waals surface area (Å²) in [6.07, 6.45) is 0.610. The molecular formula is C10H9ClN4O2S. The van der Waals surface area contributed by atoms with Crippen molar-refractivity contribution < 1.29 is 4.92 Å². The summed E-state index contributed by atoms with van der Waals surface area (Å²) in [7, 11) is 0. The quantitative estimate of drug-likeness (QED) is 0.686. The molecule has 8 heteroatoms. The molecule has 0 atom stereocenters. The van der Waals surface area contributed by atoms with Gasteiger partial charge in [0.05, 0.1) is 10.5 Å². The molecule has 0 radical (unpaired) electrons. The van der Waals surface area contributed by atoms with Crippen molar-refractivity contribution in [2.24, 2.45) is 5.73 Å². The van der Waals surface area contributed by atoms with Crippen molar-refractivity contribution >= 4 is 28.6 Å². The Balaban J connectivity index is 2.45. The van der Waals surface area contributed by atoms with Gasteiger partial charge < -0.3 is 5.73 Å². The molecule has 0 fully saturated rings. The van der Waals surface area contributed by atoms with Gasteiger partial charge in [-0.05, 0) is 18.7 Å². The highest BCUT2D eigenvalue weighted by Crippen LogP contribution is 2.33. The first kappa shape index (κ1) is 12.9. The van der Waals surface area contributed by atoms with E-state index in [9.17, 15) is 10.1 Å². The Morgan fingerprint density at radius 1 is 1.44 bits per heavy atom. The SMILES string of the molecule is NCCc1nnc(-c2ccc(Cl)cc2[N+](=O)[O-])s1. The van der Waals surface area contributed by atoms with Crippen molar-refractivity contribution in [2.45, 2.75) is 6.42 Å². The van der Waals surface area contributed by atoms with Gasteiger partial charge in [-0.25, -0.2) is 0 Å². The molecular weight excluding hydrogens is 276 g/mol. The zero-order valence-electron chi connectivity index (χ0n) is 9.17. The Labute approximate surface area is 112 Å². The van der Waals surface area contributed by atoms with E-state index in [1.165, 1.54) is 17.4 Å². The second-order valence-corrected chi connectivity index (χ2v) is 4.96. The molecule has 0 spiro atoms. The Kier molecular flexibility index (Phi) is 3.85. The van der Waals surface area contributed by atoms with Gasteiger partial charge in [0.15, 0.2) is 5.01 Å². The predicted octanol–water partition coefficient (Wildman–Crippen LogP) is 2.27. The van der Waals surface area contributed by atoms with Gasteiger partial charge in [0.1, 0.15) is 5.01 Å². The van der Waals surface area contributed by atoms with Crippen LogP contribution in [-0.4, -0.2) is 21.7 Å². The molecule has 6 nitrogen and oxygen atoms in total. The van der Waals surface area contributed by atoms with Crippen LogP contribution in [0.15, 0.2) is 18.2 Å². The fraction of sp³-hybridized carbons (Fsp3) is 0.200. The number of nitro groups is 1. The highest BCUT2D eigenvalue weighted by Gasteiger charge is 2.19. The van der Waals surface area contributed by atoms with E-state index in [2.05, 4.69) is 10.2 Å². The van der Waals surface area contributed by atoms with E-state index in [4.69, 9.17) is 17.3 Å². The fourth-order valence-corrected chi connectivity index (χ4v) is 2.48. The lowest BCUT2D eigenvalue weighted by atomic mass is 10.2. The number of aromatic nitrogens is 2. The third kappa shape index (κ3) is 2.63. The smallest absolute Gasteiger partial charge is 0.281 e.